The molecule has 1 saturated heterocycles. The molecule has 0 spiro atoms. The Morgan fingerprint density at radius 3 is 2.33 bits per heavy atom. The maximum atomic E-state index is 11.3. The first-order valence-corrected chi connectivity index (χ1v) is 8.38. The molecule has 27 heavy (non-hydrogen) atoms. The van der Waals surface area contributed by atoms with Gasteiger partial charge in [-0.15, -0.1) is 0 Å². The summed E-state index contributed by atoms with van der Waals surface area (Å²) in [6.45, 7) is 5.30. The summed E-state index contributed by atoms with van der Waals surface area (Å²) in [4.78, 5) is 22.1. The Kier molecular flexibility index (Phi) is 6.35. The Morgan fingerprint density at radius 1 is 1.22 bits per heavy atom. The summed E-state index contributed by atoms with van der Waals surface area (Å²) in [6.07, 6.45) is -3.08. The summed E-state index contributed by atoms with van der Waals surface area (Å²) in [5.41, 5.74) is 2.05. The van der Waals surface area contributed by atoms with Gasteiger partial charge in [0.25, 0.3) is 0 Å². The number of anilines is 1. The lowest BCUT2D eigenvalue weighted by Gasteiger charge is -2.32. The Labute approximate surface area is 153 Å². The van der Waals surface area contributed by atoms with Gasteiger partial charge >= 0.3 is 12.1 Å². The zero-order valence-electron chi connectivity index (χ0n) is 15.0. The molecule has 2 N–H and O–H groups in total. The molecule has 0 saturated carbocycles. The van der Waals surface area contributed by atoms with Crippen molar-refractivity contribution in [3.05, 3.63) is 30.0 Å². The van der Waals surface area contributed by atoms with E-state index in [1.165, 1.54) is 0 Å². The van der Waals surface area contributed by atoms with Crippen LogP contribution in [0.5, 0.6) is 0 Å². The number of halogens is 3. The molecule has 1 aromatic carbocycles. The summed E-state index contributed by atoms with van der Waals surface area (Å²) in [5, 5.41) is 11.8. The molecule has 1 aliphatic heterocycles. The van der Waals surface area contributed by atoms with Gasteiger partial charge in [-0.3, -0.25) is 4.79 Å². The normalized spacial score (nSPS) is 15.2. The van der Waals surface area contributed by atoms with Gasteiger partial charge in [-0.2, -0.15) is 13.2 Å². The van der Waals surface area contributed by atoms with Gasteiger partial charge in [-0.25, -0.2) is 4.79 Å². The lowest BCUT2D eigenvalue weighted by molar-refractivity contribution is -0.192. The molecule has 1 fully saturated rings. The zero-order chi connectivity index (χ0) is 20.2. The molecule has 6 nitrogen and oxygen atoms in total. The number of aryl methyl sites for hydroxylation is 1. The summed E-state index contributed by atoms with van der Waals surface area (Å²) < 4.78 is 37.3. The van der Waals surface area contributed by atoms with Gasteiger partial charge in [0, 0.05) is 37.1 Å². The van der Waals surface area contributed by atoms with E-state index in [0.29, 0.717) is 6.04 Å². The predicted molar refractivity (Wildman–Crippen MR) is 93.5 cm³/mol. The van der Waals surface area contributed by atoms with Crippen molar-refractivity contribution >= 4 is 28.5 Å². The quantitative estimate of drug-likeness (QED) is 0.820. The minimum absolute atomic E-state index is 0.179. The number of carboxylic acid groups (broad SMARTS) is 1. The van der Waals surface area contributed by atoms with E-state index in [2.05, 4.69) is 23.5 Å². The van der Waals surface area contributed by atoms with Gasteiger partial charge in [0.05, 0.1) is 0 Å². The van der Waals surface area contributed by atoms with Crippen molar-refractivity contribution in [3.63, 3.8) is 0 Å². The number of furan rings is 1. The fraction of sp³-hybridized carbons (Fsp3) is 0.444. The summed E-state index contributed by atoms with van der Waals surface area (Å²) in [7, 11) is 0. The highest BCUT2D eigenvalue weighted by Gasteiger charge is 2.38. The smallest absolute Gasteiger partial charge is 0.475 e. The van der Waals surface area contributed by atoms with E-state index in [4.69, 9.17) is 14.3 Å². The number of piperidine rings is 1. The number of carbonyl (C=O) groups is 2. The molecule has 148 valence electrons. The third-order valence-corrected chi connectivity index (χ3v) is 4.19. The van der Waals surface area contributed by atoms with E-state index >= 15 is 0 Å². The zero-order valence-corrected chi connectivity index (χ0v) is 15.0. The fourth-order valence-corrected chi connectivity index (χ4v) is 2.84. The van der Waals surface area contributed by atoms with E-state index in [0.717, 1.165) is 48.3 Å². The molecular formula is C18H21F3N2O4. The number of likely N-dealkylation sites (tertiary alicyclic amines) is 1. The van der Waals surface area contributed by atoms with Crippen molar-refractivity contribution in [2.45, 2.75) is 38.9 Å². The van der Waals surface area contributed by atoms with Crippen molar-refractivity contribution in [3.8, 4) is 0 Å². The van der Waals surface area contributed by atoms with Crippen LogP contribution in [0.2, 0.25) is 0 Å². The molecule has 1 amide bonds. The number of nitrogens with one attached hydrogen (secondary N) is 1. The van der Waals surface area contributed by atoms with Crippen molar-refractivity contribution in [1.29, 1.82) is 0 Å². The topological polar surface area (TPSA) is 82.8 Å². The van der Waals surface area contributed by atoms with E-state index in [9.17, 15) is 18.0 Å². The third kappa shape index (κ3) is 5.90. The van der Waals surface area contributed by atoms with Crippen LogP contribution in [0.15, 0.2) is 28.7 Å². The molecule has 0 atom stereocenters. The van der Waals surface area contributed by atoms with Crippen LogP contribution in [0.1, 0.15) is 25.5 Å². The SMILES string of the molecule is CC(=O)N1CCC(Nc2ccc3oc(C)cc3c2)CC1.O=C(O)C(F)(F)F. The van der Waals surface area contributed by atoms with Crippen LogP contribution >= 0.6 is 0 Å². The van der Waals surface area contributed by atoms with Gasteiger partial charge in [0.1, 0.15) is 11.3 Å². The van der Waals surface area contributed by atoms with Crippen molar-refractivity contribution in [2.24, 2.45) is 0 Å². The number of aliphatic carboxylic acids is 1. The average Bonchev–Trinajstić information content (AvgIpc) is 2.94. The Bertz CT molecular complexity index is 809. The number of alkyl halides is 3. The molecule has 1 aromatic heterocycles. The molecule has 2 heterocycles. The molecule has 0 radical (unpaired) electrons. The Hall–Kier alpha value is -2.71. The highest BCUT2D eigenvalue weighted by molar-refractivity contribution is 5.82. The molecule has 9 heteroatoms. The molecule has 1 aliphatic rings. The second-order valence-electron chi connectivity index (χ2n) is 6.34. The van der Waals surface area contributed by atoms with Gasteiger partial charge in [-0.05, 0) is 44.0 Å². The van der Waals surface area contributed by atoms with Crippen LogP contribution < -0.4 is 5.32 Å². The van der Waals surface area contributed by atoms with Gasteiger partial charge in [0.15, 0.2) is 0 Å². The number of hydrogen-bond acceptors (Lipinski definition) is 4. The van der Waals surface area contributed by atoms with Crippen LogP contribution in [0, 0.1) is 6.92 Å². The minimum Gasteiger partial charge on any atom is -0.475 e. The molecule has 2 aromatic rings. The van der Waals surface area contributed by atoms with Crippen LogP contribution in [-0.2, 0) is 9.59 Å². The largest absolute Gasteiger partial charge is 0.490 e. The number of hydrogen-bond donors (Lipinski definition) is 2. The summed E-state index contributed by atoms with van der Waals surface area (Å²) >= 11 is 0. The van der Waals surface area contributed by atoms with Gasteiger partial charge in [-0.1, -0.05) is 0 Å². The van der Waals surface area contributed by atoms with E-state index in [1.807, 2.05) is 17.9 Å². The van der Waals surface area contributed by atoms with Crippen LogP contribution in [-0.4, -0.2) is 47.2 Å². The monoisotopic (exact) mass is 386 g/mol. The number of rotatable bonds is 2. The molecule has 0 aliphatic carbocycles. The summed E-state index contributed by atoms with van der Waals surface area (Å²) in [5.74, 6) is -1.64. The lowest BCUT2D eigenvalue weighted by Crippen LogP contribution is -2.41. The van der Waals surface area contributed by atoms with Crippen LogP contribution in [0.25, 0.3) is 11.0 Å². The van der Waals surface area contributed by atoms with E-state index in [-0.39, 0.29) is 5.91 Å². The fourth-order valence-electron chi connectivity index (χ4n) is 2.84. The standard InChI is InChI=1S/C16H20N2O2.C2HF3O2/c1-11-9-13-10-15(3-4-16(13)20-11)17-14-5-7-18(8-6-14)12(2)19;3-2(4,5)1(6)7/h3-4,9-10,14,17H,5-8H2,1-2H3;(H,6,7). The number of carbonyl (C=O) groups excluding carboxylic acids is 1. The van der Waals surface area contributed by atoms with Crippen molar-refractivity contribution in [2.75, 3.05) is 18.4 Å². The molecule has 0 bridgehead atoms. The molecular weight excluding hydrogens is 365 g/mol. The molecule has 0 unspecified atom stereocenters. The van der Waals surface area contributed by atoms with Crippen molar-refractivity contribution < 1.29 is 32.3 Å². The summed E-state index contributed by atoms with van der Waals surface area (Å²) in [6, 6.07) is 8.69. The second kappa shape index (κ2) is 8.32. The van der Waals surface area contributed by atoms with E-state index in [1.54, 1.807) is 6.92 Å². The maximum absolute atomic E-state index is 11.3. The Morgan fingerprint density at radius 2 is 1.81 bits per heavy atom. The highest BCUT2D eigenvalue weighted by Crippen LogP contribution is 2.24. The number of carboxylic acids is 1. The average molecular weight is 386 g/mol. The van der Waals surface area contributed by atoms with Crippen LogP contribution in [0.4, 0.5) is 18.9 Å². The molecule has 3 rings (SSSR count). The number of benzene rings is 1. The van der Waals surface area contributed by atoms with E-state index < -0.39 is 12.1 Å². The first-order valence-electron chi connectivity index (χ1n) is 8.38. The predicted octanol–water partition coefficient (Wildman–Crippen LogP) is 3.80. The first kappa shape index (κ1) is 20.6. The Balaban J connectivity index is 0.000000321. The number of nitrogens with zero attached hydrogens (tertiary/aromatic N) is 1. The number of fused-ring (bicyclic) bond motifs is 1. The second-order valence-corrected chi connectivity index (χ2v) is 6.34. The van der Waals surface area contributed by atoms with Crippen LogP contribution in [0.3, 0.4) is 0 Å². The van der Waals surface area contributed by atoms with Crippen molar-refractivity contribution in [1.82, 2.24) is 4.90 Å². The number of amides is 1. The minimum atomic E-state index is -5.08. The highest BCUT2D eigenvalue weighted by atomic mass is 19.4. The lowest BCUT2D eigenvalue weighted by atomic mass is 10.0. The third-order valence-electron chi connectivity index (χ3n) is 4.19. The first-order chi connectivity index (χ1) is 12.6. The van der Waals surface area contributed by atoms with Gasteiger partial charge in [0.2, 0.25) is 5.91 Å². The van der Waals surface area contributed by atoms with Gasteiger partial charge < -0.3 is 19.7 Å². The maximum Gasteiger partial charge on any atom is 0.490 e.